The average Bonchev–Trinajstić information content (AvgIpc) is 2.55. The molecule has 0 saturated heterocycles. The van der Waals surface area contributed by atoms with Gasteiger partial charge in [0.1, 0.15) is 5.75 Å². The van der Waals surface area contributed by atoms with Gasteiger partial charge in [0.15, 0.2) is 6.61 Å². The van der Waals surface area contributed by atoms with E-state index in [4.69, 9.17) is 21.1 Å². The molecular weight excluding hydrogens is 398 g/mol. The Hall–Kier alpha value is -2.05. The maximum Gasteiger partial charge on any atom is 0.340 e. The third kappa shape index (κ3) is 4.72. The van der Waals surface area contributed by atoms with Crippen LogP contribution in [0.1, 0.15) is 15.9 Å². The van der Waals surface area contributed by atoms with E-state index < -0.39 is 11.9 Å². The van der Waals surface area contributed by atoms with Gasteiger partial charge in [-0.25, -0.2) is 4.79 Å². The predicted octanol–water partition coefficient (Wildman–Crippen LogP) is 4.22. The first-order valence-corrected chi connectivity index (χ1v) is 8.14. The number of nitrogens with one attached hydrogen (secondary N) is 1. The van der Waals surface area contributed by atoms with Gasteiger partial charge in [0.2, 0.25) is 0 Å². The minimum atomic E-state index is -0.541. The number of benzene rings is 2. The standard InChI is InChI=1S/C17H15BrClNO4/c1-10-7-12(19)4-6-15(10)24-9-16(21)20-14-5-3-11(18)8-13(14)17(22)23-2/h3-8H,9H2,1-2H3,(H,20,21). The summed E-state index contributed by atoms with van der Waals surface area (Å²) in [6.07, 6.45) is 0. The molecule has 0 heterocycles. The van der Waals surface area contributed by atoms with E-state index in [2.05, 4.69) is 21.2 Å². The Morgan fingerprint density at radius 2 is 1.96 bits per heavy atom. The third-order valence-corrected chi connectivity index (χ3v) is 3.89. The van der Waals surface area contributed by atoms with Crippen molar-refractivity contribution in [1.82, 2.24) is 0 Å². The number of rotatable bonds is 5. The molecule has 1 N–H and O–H groups in total. The lowest BCUT2D eigenvalue weighted by Gasteiger charge is -2.12. The molecule has 0 radical (unpaired) electrons. The van der Waals surface area contributed by atoms with Crippen LogP contribution in [0.5, 0.6) is 5.75 Å². The lowest BCUT2D eigenvalue weighted by molar-refractivity contribution is -0.118. The smallest absolute Gasteiger partial charge is 0.340 e. The van der Waals surface area contributed by atoms with Crippen molar-refractivity contribution in [3.63, 3.8) is 0 Å². The normalized spacial score (nSPS) is 10.2. The molecule has 0 fully saturated rings. The molecule has 0 unspecified atom stereocenters. The van der Waals surface area contributed by atoms with Crippen LogP contribution in [0.25, 0.3) is 0 Å². The van der Waals surface area contributed by atoms with Crippen LogP contribution in [0, 0.1) is 6.92 Å². The summed E-state index contributed by atoms with van der Waals surface area (Å²) in [6.45, 7) is 1.64. The van der Waals surface area contributed by atoms with Gasteiger partial charge in [-0.1, -0.05) is 27.5 Å². The fraction of sp³-hybridized carbons (Fsp3) is 0.176. The summed E-state index contributed by atoms with van der Waals surface area (Å²) in [6, 6.07) is 10.0. The number of halogens is 2. The van der Waals surface area contributed by atoms with Crippen LogP contribution in [-0.4, -0.2) is 25.6 Å². The highest BCUT2D eigenvalue weighted by atomic mass is 79.9. The van der Waals surface area contributed by atoms with Crippen LogP contribution in [0.15, 0.2) is 40.9 Å². The number of ether oxygens (including phenoxy) is 2. The molecule has 0 saturated carbocycles. The summed E-state index contributed by atoms with van der Waals surface area (Å²) >= 11 is 9.16. The van der Waals surface area contributed by atoms with E-state index >= 15 is 0 Å². The zero-order valence-electron chi connectivity index (χ0n) is 13.1. The van der Waals surface area contributed by atoms with Crippen LogP contribution in [0.3, 0.4) is 0 Å². The van der Waals surface area contributed by atoms with Crippen molar-refractivity contribution in [3.8, 4) is 5.75 Å². The molecule has 126 valence electrons. The van der Waals surface area contributed by atoms with E-state index in [0.29, 0.717) is 20.9 Å². The molecular formula is C17H15BrClNO4. The van der Waals surface area contributed by atoms with Gasteiger partial charge in [-0.15, -0.1) is 0 Å². The average molecular weight is 413 g/mol. The Bertz CT molecular complexity index is 779. The van der Waals surface area contributed by atoms with Crippen LogP contribution in [0.2, 0.25) is 5.02 Å². The van der Waals surface area contributed by atoms with Crippen molar-refractivity contribution in [2.75, 3.05) is 19.0 Å². The lowest BCUT2D eigenvalue weighted by Crippen LogP contribution is -2.22. The Morgan fingerprint density at radius 1 is 1.21 bits per heavy atom. The number of hydrogen-bond acceptors (Lipinski definition) is 4. The van der Waals surface area contributed by atoms with Gasteiger partial charge in [0.25, 0.3) is 5.91 Å². The van der Waals surface area contributed by atoms with E-state index in [-0.39, 0.29) is 12.2 Å². The number of esters is 1. The Morgan fingerprint density at radius 3 is 2.62 bits per heavy atom. The summed E-state index contributed by atoms with van der Waals surface area (Å²) in [7, 11) is 1.28. The van der Waals surface area contributed by atoms with Crippen molar-refractivity contribution < 1.29 is 19.1 Å². The number of methoxy groups -OCH3 is 1. The Kier molecular flexibility index (Phi) is 6.23. The molecule has 0 atom stereocenters. The molecule has 2 rings (SSSR count). The Balaban J connectivity index is 2.06. The van der Waals surface area contributed by atoms with Crippen LogP contribution in [-0.2, 0) is 9.53 Å². The molecule has 7 heteroatoms. The number of aryl methyl sites for hydroxylation is 1. The third-order valence-electron chi connectivity index (χ3n) is 3.16. The zero-order chi connectivity index (χ0) is 17.7. The maximum absolute atomic E-state index is 12.1. The summed E-state index contributed by atoms with van der Waals surface area (Å²) < 4.78 is 10.9. The number of amides is 1. The summed E-state index contributed by atoms with van der Waals surface area (Å²) in [5, 5.41) is 3.24. The van der Waals surface area contributed by atoms with Crippen molar-refractivity contribution in [2.24, 2.45) is 0 Å². The van der Waals surface area contributed by atoms with Crippen LogP contribution in [0.4, 0.5) is 5.69 Å². The van der Waals surface area contributed by atoms with Crippen molar-refractivity contribution in [1.29, 1.82) is 0 Å². The molecule has 0 aliphatic carbocycles. The van der Waals surface area contributed by atoms with Crippen LogP contribution >= 0.6 is 27.5 Å². The quantitative estimate of drug-likeness (QED) is 0.747. The SMILES string of the molecule is COC(=O)c1cc(Br)ccc1NC(=O)COc1ccc(Cl)cc1C. The van der Waals surface area contributed by atoms with Crippen LogP contribution < -0.4 is 10.1 Å². The molecule has 2 aromatic carbocycles. The topological polar surface area (TPSA) is 64.6 Å². The van der Waals surface area contributed by atoms with E-state index in [0.717, 1.165) is 5.56 Å². The number of hydrogen-bond donors (Lipinski definition) is 1. The number of anilines is 1. The number of carbonyl (C=O) groups is 2. The van der Waals surface area contributed by atoms with Crippen molar-refractivity contribution in [3.05, 3.63) is 57.0 Å². The summed E-state index contributed by atoms with van der Waals surface area (Å²) in [4.78, 5) is 23.9. The van der Waals surface area contributed by atoms with E-state index in [1.165, 1.54) is 7.11 Å². The second kappa shape index (κ2) is 8.17. The minimum Gasteiger partial charge on any atom is -0.483 e. The zero-order valence-corrected chi connectivity index (χ0v) is 15.4. The fourth-order valence-electron chi connectivity index (χ4n) is 2.01. The first-order chi connectivity index (χ1) is 11.4. The van der Waals surface area contributed by atoms with E-state index in [9.17, 15) is 9.59 Å². The Labute approximate surface area is 153 Å². The van der Waals surface area contributed by atoms with Gasteiger partial charge in [-0.05, 0) is 48.9 Å². The number of carbonyl (C=O) groups excluding carboxylic acids is 2. The van der Waals surface area contributed by atoms with Gasteiger partial charge >= 0.3 is 5.97 Å². The highest BCUT2D eigenvalue weighted by Crippen LogP contribution is 2.23. The first kappa shape index (κ1) is 18.3. The molecule has 24 heavy (non-hydrogen) atoms. The van der Waals surface area contributed by atoms with Gasteiger partial charge in [-0.3, -0.25) is 4.79 Å². The second-order valence-corrected chi connectivity index (χ2v) is 6.28. The largest absolute Gasteiger partial charge is 0.483 e. The fourth-order valence-corrected chi connectivity index (χ4v) is 2.60. The summed E-state index contributed by atoms with van der Waals surface area (Å²) in [5.41, 5.74) is 1.43. The molecule has 0 aliphatic heterocycles. The highest BCUT2D eigenvalue weighted by Gasteiger charge is 2.15. The molecule has 5 nitrogen and oxygen atoms in total. The monoisotopic (exact) mass is 411 g/mol. The molecule has 0 aromatic heterocycles. The first-order valence-electron chi connectivity index (χ1n) is 6.97. The highest BCUT2D eigenvalue weighted by molar-refractivity contribution is 9.10. The molecule has 0 bridgehead atoms. The van der Waals surface area contributed by atoms with Crippen molar-refractivity contribution >= 4 is 45.1 Å². The molecule has 2 aromatic rings. The summed E-state index contributed by atoms with van der Waals surface area (Å²) in [5.74, 6) is -0.364. The lowest BCUT2D eigenvalue weighted by atomic mass is 10.2. The van der Waals surface area contributed by atoms with Gasteiger partial charge < -0.3 is 14.8 Å². The van der Waals surface area contributed by atoms with Crippen molar-refractivity contribution in [2.45, 2.75) is 6.92 Å². The minimum absolute atomic E-state index is 0.195. The van der Waals surface area contributed by atoms with E-state index in [1.54, 1.807) is 36.4 Å². The second-order valence-electron chi connectivity index (χ2n) is 4.93. The maximum atomic E-state index is 12.1. The van der Waals surface area contributed by atoms with Gasteiger partial charge in [0, 0.05) is 9.50 Å². The van der Waals surface area contributed by atoms with Gasteiger partial charge in [-0.2, -0.15) is 0 Å². The van der Waals surface area contributed by atoms with E-state index in [1.807, 2.05) is 6.92 Å². The van der Waals surface area contributed by atoms with Gasteiger partial charge in [0.05, 0.1) is 18.4 Å². The molecule has 1 amide bonds. The predicted molar refractivity (Wildman–Crippen MR) is 95.8 cm³/mol. The molecule has 0 aliphatic rings. The molecule has 0 spiro atoms.